The molecule has 0 spiro atoms. The normalized spacial score (nSPS) is 25.6. The van der Waals surface area contributed by atoms with Gasteiger partial charge in [0, 0.05) is 28.3 Å². The van der Waals surface area contributed by atoms with Crippen LogP contribution < -0.4 is 10.1 Å². The van der Waals surface area contributed by atoms with E-state index >= 15 is 0 Å². The Balaban J connectivity index is 2.16. The molecule has 0 bridgehead atoms. The molecule has 0 aliphatic carbocycles. The molecule has 116 valence electrons. The topological polar surface area (TPSA) is 64.6 Å². The summed E-state index contributed by atoms with van der Waals surface area (Å²) in [5.74, 6) is 0.00507. The van der Waals surface area contributed by atoms with Crippen molar-refractivity contribution >= 4 is 16.8 Å². The molecule has 1 aromatic rings. The number of nitrogens with one attached hydrogen (secondary N) is 1. The lowest BCUT2D eigenvalue weighted by Gasteiger charge is -2.29. The number of methoxy groups -OCH3 is 1. The van der Waals surface area contributed by atoms with Crippen molar-refractivity contribution in [3.05, 3.63) is 29.8 Å². The van der Waals surface area contributed by atoms with Crippen LogP contribution in [0.3, 0.4) is 0 Å². The summed E-state index contributed by atoms with van der Waals surface area (Å²) >= 11 is 0. The zero-order valence-electron chi connectivity index (χ0n) is 11.3. The standard InChI is InChI=1S/C13H15F2NO4S/c1-19-12(17)11-7-21(18)6-10(16-11)8-3-2-4-9(5-8)20-13(14)15/h2-5,10-11,13,16H,6-7H2,1H3. The summed E-state index contributed by atoms with van der Waals surface area (Å²) in [5, 5.41) is 3.02. The van der Waals surface area contributed by atoms with E-state index in [9.17, 15) is 17.8 Å². The molecule has 1 fully saturated rings. The Morgan fingerprint density at radius 1 is 1.43 bits per heavy atom. The number of alkyl halides is 2. The quantitative estimate of drug-likeness (QED) is 0.846. The summed E-state index contributed by atoms with van der Waals surface area (Å²) in [6.07, 6.45) is 0. The molecule has 2 rings (SSSR count). The van der Waals surface area contributed by atoms with Crippen LogP contribution in [0.5, 0.6) is 5.75 Å². The summed E-state index contributed by atoms with van der Waals surface area (Å²) in [5.41, 5.74) is 0.634. The van der Waals surface area contributed by atoms with Crippen LogP contribution in [0.15, 0.2) is 24.3 Å². The number of benzene rings is 1. The van der Waals surface area contributed by atoms with Crippen LogP contribution in [0.2, 0.25) is 0 Å². The fourth-order valence-corrected chi connectivity index (χ4v) is 3.56. The molecule has 1 aromatic carbocycles. The van der Waals surface area contributed by atoms with E-state index in [0.717, 1.165) is 0 Å². The Hall–Kier alpha value is -1.54. The SMILES string of the molecule is COC(=O)C1CS(=O)CC(c2cccc(OC(F)F)c2)N1. The highest BCUT2D eigenvalue weighted by Gasteiger charge is 2.32. The van der Waals surface area contributed by atoms with E-state index in [2.05, 4.69) is 14.8 Å². The van der Waals surface area contributed by atoms with Crippen molar-refractivity contribution in [3.8, 4) is 5.75 Å². The highest BCUT2D eigenvalue weighted by molar-refractivity contribution is 7.85. The Morgan fingerprint density at radius 2 is 2.19 bits per heavy atom. The van der Waals surface area contributed by atoms with Gasteiger partial charge in [-0.05, 0) is 17.7 Å². The third-order valence-electron chi connectivity index (χ3n) is 3.08. The summed E-state index contributed by atoms with van der Waals surface area (Å²) in [6, 6.07) is 5.07. The van der Waals surface area contributed by atoms with Gasteiger partial charge in [-0.25, -0.2) is 0 Å². The molecular weight excluding hydrogens is 304 g/mol. The first-order valence-electron chi connectivity index (χ1n) is 6.23. The van der Waals surface area contributed by atoms with Crippen molar-refractivity contribution in [2.75, 3.05) is 18.6 Å². The molecule has 3 unspecified atom stereocenters. The van der Waals surface area contributed by atoms with Crippen LogP contribution in [-0.2, 0) is 20.3 Å². The molecule has 21 heavy (non-hydrogen) atoms. The Kier molecular flexibility index (Phi) is 5.24. The molecule has 5 nitrogen and oxygen atoms in total. The van der Waals surface area contributed by atoms with Gasteiger partial charge in [0.05, 0.1) is 7.11 Å². The van der Waals surface area contributed by atoms with Gasteiger partial charge in [-0.2, -0.15) is 8.78 Å². The van der Waals surface area contributed by atoms with Gasteiger partial charge in [-0.1, -0.05) is 12.1 Å². The van der Waals surface area contributed by atoms with Gasteiger partial charge in [-0.3, -0.25) is 14.3 Å². The molecule has 1 N–H and O–H groups in total. The number of carbonyl (C=O) groups excluding carboxylic acids is 1. The molecule has 1 aliphatic heterocycles. The van der Waals surface area contributed by atoms with Crippen molar-refractivity contribution in [2.45, 2.75) is 18.7 Å². The van der Waals surface area contributed by atoms with Gasteiger partial charge in [0.25, 0.3) is 0 Å². The first-order valence-corrected chi connectivity index (χ1v) is 7.72. The predicted molar refractivity (Wildman–Crippen MR) is 72.6 cm³/mol. The van der Waals surface area contributed by atoms with Crippen molar-refractivity contribution < 1.29 is 27.3 Å². The summed E-state index contributed by atoms with van der Waals surface area (Å²) < 4.78 is 45.3. The van der Waals surface area contributed by atoms with Gasteiger partial charge >= 0.3 is 12.6 Å². The minimum absolute atomic E-state index is 0.0234. The molecule has 1 aliphatic rings. The van der Waals surface area contributed by atoms with Gasteiger partial charge in [0.2, 0.25) is 0 Å². The van der Waals surface area contributed by atoms with E-state index in [1.54, 1.807) is 12.1 Å². The lowest BCUT2D eigenvalue weighted by atomic mass is 10.1. The van der Waals surface area contributed by atoms with Gasteiger partial charge in [-0.15, -0.1) is 0 Å². The summed E-state index contributed by atoms with van der Waals surface area (Å²) in [4.78, 5) is 11.6. The van der Waals surface area contributed by atoms with E-state index in [4.69, 9.17) is 0 Å². The molecule has 1 saturated heterocycles. The second-order valence-electron chi connectivity index (χ2n) is 4.52. The van der Waals surface area contributed by atoms with Crippen molar-refractivity contribution in [1.29, 1.82) is 0 Å². The van der Waals surface area contributed by atoms with E-state index in [1.165, 1.54) is 19.2 Å². The van der Waals surface area contributed by atoms with Crippen LogP contribution in [0.4, 0.5) is 8.78 Å². The number of esters is 1. The minimum atomic E-state index is -2.91. The lowest BCUT2D eigenvalue weighted by Crippen LogP contribution is -2.49. The first-order chi connectivity index (χ1) is 9.99. The van der Waals surface area contributed by atoms with Crippen LogP contribution in [0.25, 0.3) is 0 Å². The summed E-state index contributed by atoms with van der Waals surface area (Å²) in [6.45, 7) is -2.91. The smallest absolute Gasteiger partial charge is 0.387 e. The molecule has 0 radical (unpaired) electrons. The summed E-state index contributed by atoms with van der Waals surface area (Å²) in [7, 11) is 0.0649. The Morgan fingerprint density at radius 3 is 2.86 bits per heavy atom. The maximum absolute atomic E-state index is 12.2. The number of rotatable bonds is 4. The van der Waals surface area contributed by atoms with Crippen LogP contribution in [0, 0.1) is 0 Å². The largest absolute Gasteiger partial charge is 0.468 e. The molecule has 0 amide bonds. The number of halogens is 2. The number of ether oxygens (including phenoxy) is 2. The molecule has 0 aromatic heterocycles. The number of carbonyl (C=O) groups is 1. The zero-order valence-corrected chi connectivity index (χ0v) is 12.1. The van der Waals surface area contributed by atoms with Crippen LogP contribution in [0.1, 0.15) is 11.6 Å². The maximum atomic E-state index is 12.2. The molecule has 1 heterocycles. The highest BCUT2D eigenvalue weighted by Crippen LogP contribution is 2.24. The lowest BCUT2D eigenvalue weighted by molar-refractivity contribution is -0.142. The predicted octanol–water partition coefficient (Wildman–Crippen LogP) is 1.22. The number of hydrogen-bond acceptors (Lipinski definition) is 5. The third kappa shape index (κ3) is 4.21. The molecular formula is C13H15F2NO4S. The Labute approximate surface area is 123 Å². The highest BCUT2D eigenvalue weighted by atomic mass is 32.2. The van der Waals surface area contributed by atoms with Crippen molar-refractivity contribution in [1.82, 2.24) is 5.32 Å². The molecule has 0 saturated carbocycles. The second kappa shape index (κ2) is 6.95. The van der Waals surface area contributed by atoms with Crippen LogP contribution in [-0.4, -0.2) is 41.4 Å². The van der Waals surface area contributed by atoms with Gasteiger partial charge < -0.3 is 9.47 Å². The maximum Gasteiger partial charge on any atom is 0.387 e. The molecule has 3 atom stereocenters. The van der Waals surface area contributed by atoms with E-state index in [-0.39, 0.29) is 17.5 Å². The fraction of sp³-hybridized carbons (Fsp3) is 0.462. The monoisotopic (exact) mass is 319 g/mol. The van der Waals surface area contributed by atoms with E-state index in [0.29, 0.717) is 11.3 Å². The second-order valence-corrected chi connectivity index (χ2v) is 6.07. The Bertz CT molecular complexity index is 541. The van der Waals surface area contributed by atoms with E-state index in [1.807, 2.05) is 0 Å². The minimum Gasteiger partial charge on any atom is -0.468 e. The first kappa shape index (κ1) is 15.8. The fourth-order valence-electron chi connectivity index (χ4n) is 2.16. The molecule has 8 heteroatoms. The third-order valence-corrected chi connectivity index (χ3v) is 4.49. The van der Waals surface area contributed by atoms with E-state index < -0.39 is 29.4 Å². The van der Waals surface area contributed by atoms with Crippen molar-refractivity contribution in [3.63, 3.8) is 0 Å². The average Bonchev–Trinajstić information content (AvgIpc) is 2.45. The number of hydrogen-bond donors (Lipinski definition) is 1. The average molecular weight is 319 g/mol. The van der Waals surface area contributed by atoms with Gasteiger partial charge in [0.1, 0.15) is 11.8 Å². The van der Waals surface area contributed by atoms with Crippen LogP contribution >= 0.6 is 0 Å². The zero-order chi connectivity index (χ0) is 15.4. The van der Waals surface area contributed by atoms with Crippen molar-refractivity contribution in [2.24, 2.45) is 0 Å². The van der Waals surface area contributed by atoms with Gasteiger partial charge in [0.15, 0.2) is 0 Å².